The summed E-state index contributed by atoms with van der Waals surface area (Å²) in [6.45, 7) is 51.0. The van der Waals surface area contributed by atoms with Gasteiger partial charge in [0.1, 0.15) is 29.1 Å². The highest BCUT2D eigenvalue weighted by Gasteiger charge is 2.61. The number of aryl methyl sites for hydroxylation is 5. The first-order valence-electron chi connectivity index (χ1n) is 49.4. The minimum Gasteiger partial charge on any atom is -0.371 e. The van der Waals surface area contributed by atoms with E-state index in [0.717, 1.165) is 65.8 Å². The zero-order valence-corrected chi connectivity index (χ0v) is 86.4. The maximum atomic E-state index is 13.3. The number of nitrogens with zero attached hydrogens (tertiary/aromatic N) is 2. The zero-order valence-electron chi connectivity index (χ0n) is 86.4. The number of rotatable bonds is 33. The van der Waals surface area contributed by atoms with Gasteiger partial charge in [0.15, 0.2) is 6.29 Å². The van der Waals surface area contributed by atoms with Gasteiger partial charge >= 0.3 is 18.5 Å². The number of aliphatic hydroxyl groups excluding tert-OH is 1. The fraction of sp³-hybridized carbons (Fsp3) is 0.398. The van der Waals surface area contributed by atoms with Gasteiger partial charge in [-0.2, -0.15) is 39.5 Å². The molecule has 21 nitrogen and oxygen atoms in total. The lowest BCUT2D eigenvalue weighted by Gasteiger charge is -2.42. The summed E-state index contributed by atoms with van der Waals surface area (Å²) in [5.41, 5.74) is 8.04. The highest BCUT2D eigenvalue weighted by Crippen LogP contribution is 2.48. The normalized spacial score (nSPS) is 23.9. The summed E-state index contributed by atoms with van der Waals surface area (Å²) < 4.78 is 149. The number of nitrogens with two attached hydrogens (primary N) is 1. The van der Waals surface area contributed by atoms with Crippen LogP contribution in [0, 0.1) is 40.0 Å². The number of aldehydes is 1. The Morgan fingerprint density at radius 1 is 0.473 bits per heavy atom. The third-order valence-electron chi connectivity index (χ3n) is 28.0. The van der Waals surface area contributed by atoms with Crippen molar-refractivity contribution in [3.8, 4) is 0 Å². The standard InChI is InChI=1S/C27H31F3N2O2.C27H29F3N2O2.C25H30N2O2.C20H22F3NO.C12H19NO3.C7H9NO2/c2*1-5-25(13-12-24(33)32-25)17-31-26(6-2,22-10-8-7-9-11-22)18-34-20(4)21-14-19(3)15-23(16-21)27(28,29)30;1-18-13-19(2)15-21(14-18)20(3)29-17-25(22-7-5-4-6-8-22)12-11-24(16-26-25)10-9-23(28)27-24;1-4-19(24,17-8-6-5-7-9-17)13-25-15(3)16-10-14(2)11-18(12-16)20(21,22)23;1-5-12-7-6-8(14)13(12)9(11(2,3)4)16-10(12)15;1-2-7(5-9)4-3-6(10)8-7/h5-11,14-16,20,31H,1-2,12-13,17-18H2,3-4H3,(H,32,33);5-11,14-17,20H,1-2,12-13,18H2,3-4H3,(H,32,33);4-8,11-15,20,26H,9-10,16-17H2,1-3H3,(H,27,28);4-12,15H,1,13,24H2,2-3H3;5,9-10,15H,1,6-7H2,2-4H3;2,5H,1,3-4H2,(H,8,10)/t2*20-,25+,26-;20-,24-,25-;15-,19-;9-,10?,12+;7-/m111110/s1. The number of aliphatic hydroxyl groups is 1. The van der Waals surface area contributed by atoms with Gasteiger partial charge in [-0.3, -0.25) is 39.6 Å². The molecule has 9 N–H and O–H groups in total. The van der Waals surface area contributed by atoms with E-state index >= 15 is 0 Å². The van der Waals surface area contributed by atoms with Crippen LogP contribution in [0.4, 0.5) is 39.5 Å². The van der Waals surface area contributed by atoms with Crippen LogP contribution in [0.1, 0.15) is 226 Å². The van der Waals surface area contributed by atoms with Gasteiger partial charge in [-0.25, -0.2) is 0 Å². The summed E-state index contributed by atoms with van der Waals surface area (Å²) in [6.07, 6.45) is 7.23. The van der Waals surface area contributed by atoms with Crippen molar-refractivity contribution < 1.29 is 97.1 Å². The molecule has 15 rings (SSSR count). The highest BCUT2D eigenvalue weighted by atomic mass is 19.4. The molecule has 7 heterocycles. The van der Waals surface area contributed by atoms with Crippen molar-refractivity contribution in [1.82, 2.24) is 36.8 Å². The molecule has 5 amide bonds. The van der Waals surface area contributed by atoms with E-state index in [-0.39, 0.29) is 72.6 Å². The summed E-state index contributed by atoms with van der Waals surface area (Å²) in [5.74, 6) is -0.0258. The average molecular weight is 2050 g/mol. The molecule has 1 spiro atoms. The van der Waals surface area contributed by atoms with Crippen LogP contribution in [-0.2, 0) is 93.1 Å². The molecular weight excluding hydrogens is 1910 g/mol. The number of benzene rings is 8. The van der Waals surface area contributed by atoms with E-state index in [4.69, 9.17) is 34.4 Å². The molecule has 0 radical (unpaired) electrons. The molecule has 30 heteroatoms. The van der Waals surface area contributed by atoms with Crippen molar-refractivity contribution in [2.24, 2.45) is 16.1 Å². The third-order valence-corrected chi connectivity index (χ3v) is 28.0. The molecule has 7 aliphatic heterocycles. The fourth-order valence-corrected chi connectivity index (χ4v) is 18.7. The van der Waals surface area contributed by atoms with E-state index in [0.29, 0.717) is 111 Å². The Bertz CT molecular complexity index is 6050. The van der Waals surface area contributed by atoms with Gasteiger partial charge in [-0.05, 0) is 175 Å². The Hall–Kier alpha value is -12.6. The molecule has 6 fully saturated rings. The molecule has 6 saturated heterocycles. The average Bonchev–Trinajstić information content (AvgIpc) is 1.56. The Balaban J connectivity index is 0.000000187. The second kappa shape index (κ2) is 49.2. The van der Waals surface area contributed by atoms with Crippen LogP contribution in [-0.4, -0.2) is 132 Å². The van der Waals surface area contributed by atoms with Crippen molar-refractivity contribution in [3.05, 3.63) is 384 Å². The quantitative estimate of drug-likeness (QED) is 0.00821. The van der Waals surface area contributed by atoms with Gasteiger partial charge in [0, 0.05) is 56.8 Å². The number of halogens is 9. The fourth-order valence-electron chi connectivity index (χ4n) is 18.7. The van der Waals surface area contributed by atoms with E-state index in [9.17, 15) is 73.4 Å². The molecule has 1 unspecified atom stereocenters. The predicted octanol–water partition coefficient (Wildman–Crippen LogP) is 22.2. The lowest BCUT2D eigenvalue weighted by molar-refractivity contribution is -0.153. The van der Waals surface area contributed by atoms with Crippen molar-refractivity contribution in [2.45, 2.75) is 253 Å². The Morgan fingerprint density at radius 3 is 1.29 bits per heavy atom. The Kier molecular flexibility index (Phi) is 39.0. The number of hydrogen-bond acceptors (Lipinski definition) is 16. The van der Waals surface area contributed by atoms with Crippen LogP contribution in [0.5, 0.6) is 0 Å². The number of hydrogen-bond donors (Lipinski definition) is 8. The minimum absolute atomic E-state index is 0.00791. The van der Waals surface area contributed by atoms with Crippen molar-refractivity contribution in [3.63, 3.8) is 0 Å². The number of fused-ring (bicyclic) bond motifs is 1. The lowest BCUT2D eigenvalue weighted by Crippen LogP contribution is -2.58. The topological polar surface area (TPSA) is 283 Å². The summed E-state index contributed by atoms with van der Waals surface area (Å²) in [7, 11) is 0. The zero-order chi connectivity index (χ0) is 109. The van der Waals surface area contributed by atoms with Gasteiger partial charge in [-0.1, -0.05) is 261 Å². The number of carbonyl (C=O) groups excluding carboxylic acids is 6. The van der Waals surface area contributed by atoms with Gasteiger partial charge in [0.2, 0.25) is 29.5 Å². The SMILES string of the molecule is C=C[C@@](N)(CO[C@H](C)c1cc(C)cc(C(F)(F)F)c1)c1ccccc1.C=C[C@@]1(C=N[C@](C=C)(CO[C@H](C)c2cc(C)cc(C(F)(F)F)c2)c2ccccc2)CCC(=O)N1.C=C[C@@]1(C=O)CCC(=O)N1.C=C[C@@]1(CN[C@](C=C)(CO[C@H](C)c2cc(C)cc(C(F)(F)F)c2)c2ccccc2)CCC(=O)N1.C=C[C@@]12CCC(=O)N1[C@@H](C(C)(C)C)OC2O.Cc1cc(C)cc([C@@H](C)OC[C@@]2(c3ccccc3)C=C[C@]3(CCC(=O)N3)CN2)c1. The molecule has 148 heavy (non-hydrogen) atoms. The lowest BCUT2D eigenvalue weighted by atomic mass is 9.82. The molecule has 0 bridgehead atoms. The molecule has 7 aliphatic rings. The number of aliphatic imine (C=N–C) groups is 1. The van der Waals surface area contributed by atoms with Crippen molar-refractivity contribution >= 4 is 42.0 Å². The molecule has 0 aromatic heterocycles. The molecule has 8 aromatic rings. The monoisotopic (exact) mass is 2050 g/mol. The summed E-state index contributed by atoms with van der Waals surface area (Å²) in [5, 5.41) is 28.8. The Labute approximate surface area is 863 Å². The first-order valence-corrected chi connectivity index (χ1v) is 49.4. The Morgan fingerprint density at radius 2 is 0.899 bits per heavy atom. The van der Waals surface area contributed by atoms with E-state index in [1.54, 1.807) is 107 Å². The van der Waals surface area contributed by atoms with E-state index in [1.165, 1.54) is 28.3 Å². The number of carbonyl (C=O) groups is 6. The van der Waals surface area contributed by atoms with Crippen LogP contribution < -0.4 is 37.6 Å². The molecule has 792 valence electrons. The molecule has 15 atom stereocenters. The molecule has 8 aromatic carbocycles. The number of nitrogens with one attached hydrogen (secondary N) is 6. The van der Waals surface area contributed by atoms with Gasteiger partial charge in [-0.15, -0.1) is 46.1 Å². The number of ether oxygens (including phenoxy) is 5. The first kappa shape index (κ1) is 117. The summed E-state index contributed by atoms with van der Waals surface area (Å²) in [6, 6.07) is 57.0. The second-order valence-corrected chi connectivity index (χ2v) is 40.4. The smallest absolute Gasteiger partial charge is 0.371 e. The summed E-state index contributed by atoms with van der Waals surface area (Å²) in [4.78, 5) is 74.9. The van der Waals surface area contributed by atoms with Crippen molar-refractivity contribution in [1.29, 1.82) is 0 Å². The van der Waals surface area contributed by atoms with E-state index in [1.807, 2.05) is 118 Å². The largest absolute Gasteiger partial charge is 0.416 e. The van der Waals surface area contributed by atoms with Crippen LogP contribution in [0.25, 0.3) is 0 Å². The first-order chi connectivity index (χ1) is 69.6. The summed E-state index contributed by atoms with van der Waals surface area (Å²) >= 11 is 0. The number of alkyl halides is 9. The van der Waals surface area contributed by atoms with E-state index in [2.05, 4.69) is 153 Å². The maximum absolute atomic E-state index is 13.3. The van der Waals surface area contributed by atoms with Crippen LogP contribution in [0.15, 0.2) is 300 Å². The van der Waals surface area contributed by atoms with Gasteiger partial charge in [0.25, 0.3) is 0 Å². The highest BCUT2D eigenvalue weighted by molar-refractivity contribution is 5.90. The van der Waals surface area contributed by atoms with Gasteiger partial charge < -0.3 is 65.5 Å². The maximum Gasteiger partial charge on any atom is 0.416 e. The van der Waals surface area contributed by atoms with Gasteiger partial charge in [0.05, 0.1) is 101 Å². The van der Waals surface area contributed by atoms with E-state index < -0.39 is 104 Å². The minimum atomic E-state index is -4.44. The predicted molar refractivity (Wildman–Crippen MR) is 559 cm³/mol. The molecular formula is C118H140F9N9O12. The third kappa shape index (κ3) is 29.5. The molecule has 0 saturated carbocycles. The van der Waals surface area contributed by atoms with Crippen molar-refractivity contribution in [2.75, 3.05) is 39.5 Å². The number of amides is 5. The van der Waals surface area contributed by atoms with Crippen LogP contribution in [0.2, 0.25) is 0 Å². The second-order valence-electron chi connectivity index (χ2n) is 40.4. The van der Waals surface area contributed by atoms with Crippen LogP contribution in [0.3, 0.4) is 0 Å². The molecule has 0 aliphatic carbocycles. The van der Waals surface area contributed by atoms with Crippen LogP contribution >= 0.6 is 0 Å².